The fourth-order valence-corrected chi connectivity index (χ4v) is 1.74. The number of anilines is 1. The Morgan fingerprint density at radius 3 is 2.75 bits per heavy atom. The van der Waals surface area contributed by atoms with Crippen LogP contribution >= 0.6 is 0 Å². The van der Waals surface area contributed by atoms with Crippen LogP contribution in [0.25, 0.3) is 11.4 Å². The van der Waals surface area contributed by atoms with Crippen LogP contribution in [0, 0.1) is 0 Å². The molecule has 20 heavy (non-hydrogen) atoms. The normalized spacial score (nSPS) is 10.2. The lowest BCUT2D eigenvalue weighted by molar-refractivity contribution is -0.115. The smallest absolute Gasteiger partial charge is 0.238 e. The number of amides is 1. The van der Waals surface area contributed by atoms with Crippen LogP contribution in [0.3, 0.4) is 0 Å². The molecule has 0 aliphatic rings. The third-order valence-corrected chi connectivity index (χ3v) is 2.71. The lowest BCUT2D eigenvalue weighted by Crippen LogP contribution is -2.28. The van der Waals surface area contributed by atoms with Crippen molar-refractivity contribution in [3.8, 4) is 11.4 Å². The molecule has 0 bridgehead atoms. The van der Waals surface area contributed by atoms with Gasteiger partial charge >= 0.3 is 0 Å². The van der Waals surface area contributed by atoms with Crippen molar-refractivity contribution in [2.24, 2.45) is 7.05 Å². The SMILES string of the molecule is C=CCNCC(=O)Nc1ccc(-c2nncn2C)cc1. The summed E-state index contributed by atoms with van der Waals surface area (Å²) in [5.74, 6) is 0.703. The number of hydrogen-bond acceptors (Lipinski definition) is 4. The van der Waals surface area contributed by atoms with Crippen LogP contribution in [0.1, 0.15) is 0 Å². The second kappa shape index (κ2) is 6.63. The summed E-state index contributed by atoms with van der Waals surface area (Å²) in [5.41, 5.74) is 1.70. The van der Waals surface area contributed by atoms with E-state index in [2.05, 4.69) is 27.4 Å². The van der Waals surface area contributed by atoms with Crippen molar-refractivity contribution in [3.63, 3.8) is 0 Å². The molecule has 0 unspecified atom stereocenters. The molecule has 2 aromatic rings. The zero-order chi connectivity index (χ0) is 14.4. The molecule has 2 N–H and O–H groups in total. The standard InChI is InChI=1S/C14H17N5O/c1-3-8-15-9-13(20)17-12-6-4-11(5-7-12)14-18-16-10-19(14)2/h3-7,10,15H,1,8-9H2,2H3,(H,17,20). The van der Waals surface area contributed by atoms with E-state index < -0.39 is 0 Å². The fraction of sp³-hybridized carbons (Fsp3) is 0.214. The molecular weight excluding hydrogens is 254 g/mol. The second-order valence-electron chi connectivity index (χ2n) is 4.31. The summed E-state index contributed by atoms with van der Waals surface area (Å²) in [6.45, 7) is 4.45. The van der Waals surface area contributed by atoms with Crippen molar-refractivity contribution in [1.82, 2.24) is 20.1 Å². The monoisotopic (exact) mass is 271 g/mol. The molecule has 104 valence electrons. The molecule has 0 radical (unpaired) electrons. The summed E-state index contributed by atoms with van der Waals surface area (Å²) >= 11 is 0. The molecule has 1 aromatic heterocycles. The summed E-state index contributed by atoms with van der Waals surface area (Å²) in [4.78, 5) is 11.6. The molecule has 0 aliphatic heterocycles. The maximum Gasteiger partial charge on any atom is 0.238 e. The van der Waals surface area contributed by atoms with Gasteiger partial charge in [0, 0.05) is 24.8 Å². The van der Waals surface area contributed by atoms with Gasteiger partial charge in [-0.3, -0.25) is 4.79 Å². The van der Waals surface area contributed by atoms with Crippen molar-refractivity contribution in [2.45, 2.75) is 0 Å². The van der Waals surface area contributed by atoms with Crippen LogP contribution in [0.4, 0.5) is 5.69 Å². The van der Waals surface area contributed by atoms with Crippen LogP contribution < -0.4 is 10.6 Å². The highest BCUT2D eigenvalue weighted by Gasteiger charge is 2.05. The average Bonchev–Trinajstić information content (AvgIpc) is 2.86. The maximum atomic E-state index is 11.6. The van der Waals surface area contributed by atoms with Gasteiger partial charge in [-0.05, 0) is 24.3 Å². The highest BCUT2D eigenvalue weighted by molar-refractivity contribution is 5.92. The second-order valence-corrected chi connectivity index (χ2v) is 4.31. The molecule has 2 rings (SSSR count). The minimum Gasteiger partial charge on any atom is -0.325 e. The number of aromatic nitrogens is 3. The Hall–Kier alpha value is -2.47. The van der Waals surface area contributed by atoms with E-state index in [1.165, 1.54) is 0 Å². The molecular formula is C14H17N5O. The van der Waals surface area contributed by atoms with E-state index in [1.807, 2.05) is 35.9 Å². The van der Waals surface area contributed by atoms with Crippen molar-refractivity contribution < 1.29 is 4.79 Å². The third-order valence-electron chi connectivity index (χ3n) is 2.71. The first-order chi connectivity index (χ1) is 9.70. The number of aryl methyl sites for hydroxylation is 1. The lowest BCUT2D eigenvalue weighted by atomic mass is 10.2. The summed E-state index contributed by atoms with van der Waals surface area (Å²) in [7, 11) is 1.89. The first-order valence-corrected chi connectivity index (χ1v) is 6.26. The highest BCUT2D eigenvalue weighted by Crippen LogP contribution is 2.18. The molecule has 0 saturated heterocycles. The first-order valence-electron chi connectivity index (χ1n) is 6.26. The Balaban J connectivity index is 1.97. The number of nitrogens with zero attached hydrogens (tertiary/aromatic N) is 3. The topological polar surface area (TPSA) is 71.8 Å². The van der Waals surface area contributed by atoms with E-state index in [0.717, 1.165) is 17.1 Å². The molecule has 6 heteroatoms. The predicted octanol–water partition coefficient (Wildman–Crippen LogP) is 1.20. The van der Waals surface area contributed by atoms with Gasteiger partial charge in [-0.2, -0.15) is 0 Å². The molecule has 1 amide bonds. The van der Waals surface area contributed by atoms with Gasteiger partial charge in [0.1, 0.15) is 6.33 Å². The number of nitrogens with one attached hydrogen (secondary N) is 2. The van der Waals surface area contributed by atoms with E-state index >= 15 is 0 Å². The Bertz CT molecular complexity index is 588. The first kappa shape index (κ1) is 14.0. The summed E-state index contributed by atoms with van der Waals surface area (Å²) in [5, 5.41) is 13.6. The fourth-order valence-electron chi connectivity index (χ4n) is 1.74. The summed E-state index contributed by atoms with van der Waals surface area (Å²) in [6.07, 6.45) is 3.36. The van der Waals surface area contributed by atoms with Crippen molar-refractivity contribution in [1.29, 1.82) is 0 Å². The van der Waals surface area contributed by atoms with E-state index in [4.69, 9.17) is 0 Å². The van der Waals surface area contributed by atoms with Gasteiger partial charge < -0.3 is 15.2 Å². The number of rotatable bonds is 6. The van der Waals surface area contributed by atoms with E-state index in [1.54, 1.807) is 12.4 Å². The van der Waals surface area contributed by atoms with Crippen LogP contribution in [0.15, 0.2) is 43.2 Å². The quantitative estimate of drug-likeness (QED) is 0.611. The third kappa shape index (κ3) is 3.52. The predicted molar refractivity (Wildman–Crippen MR) is 78.1 cm³/mol. The van der Waals surface area contributed by atoms with Crippen molar-refractivity contribution in [2.75, 3.05) is 18.4 Å². The minimum atomic E-state index is -0.0849. The van der Waals surface area contributed by atoms with Crippen LogP contribution in [-0.4, -0.2) is 33.8 Å². The Morgan fingerprint density at radius 1 is 1.40 bits per heavy atom. The molecule has 1 aromatic carbocycles. The number of benzene rings is 1. The van der Waals surface area contributed by atoms with Crippen LogP contribution in [0.5, 0.6) is 0 Å². The molecule has 0 saturated carbocycles. The molecule has 0 fully saturated rings. The summed E-state index contributed by atoms with van der Waals surface area (Å²) < 4.78 is 1.84. The zero-order valence-electron chi connectivity index (χ0n) is 11.3. The van der Waals surface area contributed by atoms with E-state index in [9.17, 15) is 4.79 Å². The number of carbonyl (C=O) groups is 1. The summed E-state index contributed by atoms with van der Waals surface area (Å²) in [6, 6.07) is 7.48. The van der Waals surface area contributed by atoms with Gasteiger partial charge in [0.2, 0.25) is 5.91 Å². The van der Waals surface area contributed by atoms with Gasteiger partial charge in [0.25, 0.3) is 0 Å². The van der Waals surface area contributed by atoms with Gasteiger partial charge in [-0.25, -0.2) is 0 Å². The molecule has 6 nitrogen and oxygen atoms in total. The minimum absolute atomic E-state index is 0.0849. The number of hydrogen-bond donors (Lipinski definition) is 2. The van der Waals surface area contributed by atoms with Crippen LogP contribution in [0.2, 0.25) is 0 Å². The van der Waals surface area contributed by atoms with Crippen molar-refractivity contribution >= 4 is 11.6 Å². The average molecular weight is 271 g/mol. The van der Waals surface area contributed by atoms with Gasteiger partial charge in [-0.15, -0.1) is 16.8 Å². The maximum absolute atomic E-state index is 11.6. The lowest BCUT2D eigenvalue weighted by Gasteiger charge is -2.06. The Morgan fingerprint density at radius 2 is 2.15 bits per heavy atom. The molecule has 0 aliphatic carbocycles. The van der Waals surface area contributed by atoms with E-state index in [0.29, 0.717) is 6.54 Å². The van der Waals surface area contributed by atoms with Gasteiger partial charge in [0.15, 0.2) is 5.82 Å². The largest absolute Gasteiger partial charge is 0.325 e. The van der Waals surface area contributed by atoms with Crippen molar-refractivity contribution in [3.05, 3.63) is 43.2 Å². The van der Waals surface area contributed by atoms with E-state index in [-0.39, 0.29) is 12.5 Å². The molecule has 0 spiro atoms. The zero-order valence-corrected chi connectivity index (χ0v) is 11.3. The van der Waals surface area contributed by atoms with Crippen LogP contribution in [-0.2, 0) is 11.8 Å². The number of carbonyl (C=O) groups excluding carboxylic acids is 1. The molecule has 0 atom stereocenters. The van der Waals surface area contributed by atoms with Gasteiger partial charge in [0.05, 0.1) is 6.54 Å². The Kier molecular flexibility index (Phi) is 4.62. The van der Waals surface area contributed by atoms with Gasteiger partial charge in [-0.1, -0.05) is 6.08 Å². The molecule has 1 heterocycles. The highest BCUT2D eigenvalue weighted by atomic mass is 16.1. The Labute approximate surface area is 117 Å².